The fraction of sp³-hybridized carbons (Fsp3) is 0.333. The van der Waals surface area contributed by atoms with Crippen LogP contribution < -0.4 is 19.5 Å². The van der Waals surface area contributed by atoms with Crippen molar-refractivity contribution < 1.29 is 19.3 Å². The Labute approximate surface area is 135 Å². The van der Waals surface area contributed by atoms with Gasteiger partial charge < -0.3 is 24.6 Å². The molecule has 0 aliphatic carbocycles. The number of hydrogen-bond acceptors (Lipinski definition) is 5. The molecule has 1 heterocycles. The van der Waals surface area contributed by atoms with Crippen LogP contribution in [0, 0.1) is 0 Å². The van der Waals surface area contributed by atoms with Crippen molar-refractivity contribution in [3.05, 3.63) is 47.0 Å². The lowest BCUT2D eigenvalue weighted by Crippen LogP contribution is -2.30. The smallest absolute Gasteiger partial charge is 0.161 e. The molecular formula is C18H21NO4. The number of phenolic OH excluding ortho intramolecular Hbond substituents is 1. The minimum absolute atomic E-state index is 0.00429. The lowest BCUT2D eigenvalue weighted by Gasteiger charge is -2.28. The predicted octanol–water partition coefficient (Wildman–Crippen LogP) is 2.65. The van der Waals surface area contributed by atoms with Gasteiger partial charge in [0.05, 0.1) is 27.4 Å². The van der Waals surface area contributed by atoms with Crippen molar-refractivity contribution in [1.29, 1.82) is 0 Å². The van der Waals surface area contributed by atoms with Crippen LogP contribution in [-0.4, -0.2) is 33.0 Å². The van der Waals surface area contributed by atoms with E-state index in [2.05, 4.69) is 5.32 Å². The number of methoxy groups -OCH3 is 3. The van der Waals surface area contributed by atoms with Crippen molar-refractivity contribution in [2.75, 3.05) is 27.9 Å². The van der Waals surface area contributed by atoms with E-state index in [1.54, 1.807) is 33.5 Å². The summed E-state index contributed by atoms with van der Waals surface area (Å²) in [4.78, 5) is 0. The van der Waals surface area contributed by atoms with Crippen LogP contribution in [0.5, 0.6) is 23.0 Å². The zero-order valence-corrected chi connectivity index (χ0v) is 13.6. The molecule has 0 spiro atoms. The number of ether oxygens (including phenoxy) is 3. The van der Waals surface area contributed by atoms with Gasteiger partial charge in [-0.2, -0.15) is 0 Å². The van der Waals surface area contributed by atoms with Crippen molar-refractivity contribution in [2.45, 2.75) is 12.5 Å². The van der Waals surface area contributed by atoms with Crippen molar-refractivity contribution in [1.82, 2.24) is 5.32 Å². The molecule has 23 heavy (non-hydrogen) atoms. The Kier molecular flexibility index (Phi) is 4.30. The minimum Gasteiger partial charge on any atom is -0.504 e. The molecule has 0 saturated heterocycles. The van der Waals surface area contributed by atoms with E-state index in [1.165, 1.54) is 5.56 Å². The molecule has 0 bridgehead atoms. The maximum atomic E-state index is 10.1. The Bertz CT molecular complexity index is 714. The predicted molar refractivity (Wildman–Crippen MR) is 87.8 cm³/mol. The summed E-state index contributed by atoms with van der Waals surface area (Å²) in [6.45, 7) is 0.861. The third kappa shape index (κ3) is 2.80. The highest BCUT2D eigenvalue weighted by atomic mass is 16.5. The van der Waals surface area contributed by atoms with Crippen LogP contribution >= 0.6 is 0 Å². The molecular weight excluding hydrogens is 294 g/mol. The maximum absolute atomic E-state index is 10.1. The van der Waals surface area contributed by atoms with Gasteiger partial charge in [0.25, 0.3) is 0 Å². The SMILES string of the molecule is COc1ccc(C2NCCc3cc(OC)c(OC)cc32)cc1O. The van der Waals surface area contributed by atoms with Gasteiger partial charge in [0, 0.05) is 6.54 Å². The Morgan fingerprint density at radius 2 is 1.65 bits per heavy atom. The van der Waals surface area contributed by atoms with E-state index in [4.69, 9.17) is 14.2 Å². The van der Waals surface area contributed by atoms with E-state index in [0.717, 1.165) is 29.8 Å². The molecule has 2 aromatic carbocycles. The van der Waals surface area contributed by atoms with E-state index >= 15 is 0 Å². The quantitative estimate of drug-likeness (QED) is 0.908. The molecule has 0 fully saturated rings. The summed E-state index contributed by atoms with van der Waals surface area (Å²) >= 11 is 0. The first-order valence-corrected chi connectivity index (χ1v) is 7.53. The Balaban J connectivity index is 2.05. The molecule has 2 N–H and O–H groups in total. The van der Waals surface area contributed by atoms with Gasteiger partial charge in [0.2, 0.25) is 0 Å². The van der Waals surface area contributed by atoms with Crippen LogP contribution in [0.1, 0.15) is 22.7 Å². The molecule has 0 amide bonds. The summed E-state index contributed by atoms with van der Waals surface area (Å²) < 4.78 is 15.9. The summed E-state index contributed by atoms with van der Waals surface area (Å²) in [6, 6.07) is 9.51. The first kappa shape index (κ1) is 15.5. The van der Waals surface area contributed by atoms with Gasteiger partial charge in [-0.15, -0.1) is 0 Å². The highest BCUT2D eigenvalue weighted by molar-refractivity contribution is 5.53. The molecule has 122 valence electrons. The molecule has 0 radical (unpaired) electrons. The zero-order valence-electron chi connectivity index (χ0n) is 13.6. The van der Waals surface area contributed by atoms with E-state index in [1.807, 2.05) is 18.2 Å². The third-order valence-electron chi connectivity index (χ3n) is 4.24. The van der Waals surface area contributed by atoms with Gasteiger partial charge in [-0.1, -0.05) is 6.07 Å². The third-order valence-corrected chi connectivity index (χ3v) is 4.24. The number of fused-ring (bicyclic) bond motifs is 1. The van der Waals surface area contributed by atoms with Crippen molar-refractivity contribution in [3.8, 4) is 23.0 Å². The standard InChI is InChI=1S/C18H21NO4/c1-21-15-5-4-12(8-14(15)20)18-13-10-17(23-3)16(22-2)9-11(13)6-7-19-18/h4-5,8-10,18-20H,6-7H2,1-3H3. The summed E-state index contributed by atoms with van der Waals surface area (Å²) in [7, 11) is 4.82. The Morgan fingerprint density at radius 1 is 0.957 bits per heavy atom. The Hall–Kier alpha value is -2.40. The number of rotatable bonds is 4. The van der Waals surface area contributed by atoms with E-state index in [9.17, 15) is 5.11 Å². The molecule has 1 aliphatic rings. The second-order valence-corrected chi connectivity index (χ2v) is 5.47. The van der Waals surface area contributed by atoms with Crippen LogP contribution in [0.25, 0.3) is 0 Å². The van der Waals surface area contributed by atoms with Gasteiger partial charge in [0.1, 0.15) is 0 Å². The monoisotopic (exact) mass is 315 g/mol. The van der Waals surface area contributed by atoms with Crippen LogP contribution in [0.15, 0.2) is 30.3 Å². The molecule has 5 heteroatoms. The van der Waals surface area contributed by atoms with Gasteiger partial charge in [-0.25, -0.2) is 0 Å². The van der Waals surface area contributed by atoms with Gasteiger partial charge >= 0.3 is 0 Å². The van der Waals surface area contributed by atoms with Crippen LogP contribution in [0.2, 0.25) is 0 Å². The first-order chi connectivity index (χ1) is 11.2. The highest BCUT2D eigenvalue weighted by Crippen LogP contribution is 2.39. The average Bonchev–Trinajstić information content (AvgIpc) is 2.59. The van der Waals surface area contributed by atoms with Crippen LogP contribution in [0.4, 0.5) is 0 Å². The number of hydrogen-bond donors (Lipinski definition) is 2. The second kappa shape index (κ2) is 6.38. The highest BCUT2D eigenvalue weighted by Gasteiger charge is 2.24. The normalized spacial score (nSPS) is 16.6. The largest absolute Gasteiger partial charge is 0.504 e. The van der Waals surface area contributed by atoms with Crippen molar-refractivity contribution in [2.24, 2.45) is 0 Å². The van der Waals surface area contributed by atoms with Gasteiger partial charge in [-0.05, 0) is 47.4 Å². The van der Waals surface area contributed by atoms with E-state index in [-0.39, 0.29) is 11.8 Å². The average molecular weight is 315 g/mol. The molecule has 1 aliphatic heterocycles. The summed E-state index contributed by atoms with van der Waals surface area (Å²) in [5.41, 5.74) is 3.34. The lowest BCUT2D eigenvalue weighted by molar-refractivity contribution is 0.352. The molecule has 1 atom stereocenters. The topological polar surface area (TPSA) is 60.0 Å². The molecule has 3 rings (SSSR count). The number of nitrogens with one attached hydrogen (secondary N) is 1. The summed E-state index contributed by atoms with van der Waals surface area (Å²) in [5, 5.41) is 13.6. The van der Waals surface area contributed by atoms with E-state index in [0.29, 0.717) is 11.5 Å². The Morgan fingerprint density at radius 3 is 2.30 bits per heavy atom. The molecule has 0 aromatic heterocycles. The summed E-state index contributed by atoms with van der Waals surface area (Å²) in [5.74, 6) is 2.05. The number of aromatic hydroxyl groups is 1. The van der Waals surface area contributed by atoms with Gasteiger partial charge in [-0.3, -0.25) is 0 Å². The van der Waals surface area contributed by atoms with Crippen LogP contribution in [-0.2, 0) is 6.42 Å². The van der Waals surface area contributed by atoms with Crippen LogP contribution in [0.3, 0.4) is 0 Å². The van der Waals surface area contributed by atoms with Crippen molar-refractivity contribution in [3.63, 3.8) is 0 Å². The fourth-order valence-electron chi connectivity index (χ4n) is 3.07. The van der Waals surface area contributed by atoms with E-state index < -0.39 is 0 Å². The minimum atomic E-state index is -0.00429. The summed E-state index contributed by atoms with van der Waals surface area (Å²) in [6.07, 6.45) is 0.925. The second-order valence-electron chi connectivity index (χ2n) is 5.47. The zero-order chi connectivity index (χ0) is 16.4. The number of phenols is 1. The molecule has 0 saturated carbocycles. The fourth-order valence-corrected chi connectivity index (χ4v) is 3.07. The first-order valence-electron chi connectivity index (χ1n) is 7.53. The maximum Gasteiger partial charge on any atom is 0.161 e. The van der Waals surface area contributed by atoms with Gasteiger partial charge in [0.15, 0.2) is 23.0 Å². The van der Waals surface area contributed by atoms with Crippen molar-refractivity contribution >= 4 is 0 Å². The lowest BCUT2D eigenvalue weighted by atomic mass is 9.89. The molecule has 2 aromatic rings. The number of benzene rings is 2. The molecule has 5 nitrogen and oxygen atoms in total. The molecule has 1 unspecified atom stereocenters.